The molecule has 0 saturated heterocycles. The molecule has 6 heteroatoms. The van der Waals surface area contributed by atoms with E-state index in [1.54, 1.807) is 13.1 Å². The molecule has 0 amide bonds. The van der Waals surface area contributed by atoms with Gasteiger partial charge in [0.25, 0.3) is 0 Å². The molecule has 1 heterocycles. The lowest BCUT2D eigenvalue weighted by Crippen LogP contribution is -2.23. The highest BCUT2D eigenvalue weighted by molar-refractivity contribution is 7.89. The molecule has 1 aromatic carbocycles. The zero-order valence-electron chi connectivity index (χ0n) is 11.8. The average molecular weight is 301 g/mol. The number of hydrogen-bond donors (Lipinski definition) is 1. The van der Waals surface area contributed by atoms with Crippen LogP contribution in [0, 0.1) is 25.2 Å². The van der Waals surface area contributed by atoms with Crippen LogP contribution < -0.4 is 4.72 Å². The molecule has 0 unspecified atom stereocenters. The summed E-state index contributed by atoms with van der Waals surface area (Å²) in [4.78, 5) is 4.27. The lowest BCUT2D eigenvalue weighted by molar-refractivity contribution is 0.581. The zero-order chi connectivity index (χ0) is 15.5. The van der Waals surface area contributed by atoms with Gasteiger partial charge in [0, 0.05) is 18.4 Å². The number of sulfonamides is 1. The molecule has 1 aromatic heterocycles. The third-order valence-corrected chi connectivity index (χ3v) is 4.47. The van der Waals surface area contributed by atoms with Crippen LogP contribution in [0.15, 0.2) is 41.4 Å². The molecule has 0 radical (unpaired) electrons. The summed E-state index contributed by atoms with van der Waals surface area (Å²) in [6.45, 7) is 3.75. The van der Waals surface area contributed by atoms with Crippen molar-refractivity contribution in [2.75, 3.05) is 0 Å². The highest BCUT2D eigenvalue weighted by Gasteiger charge is 2.14. The zero-order valence-corrected chi connectivity index (χ0v) is 12.6. The fraction of sp³-hybridized carbons (Fsp3) is 0.200. The van der Waals surface area contributed by atoms with Gasteiger partial charge in [-0.3, -0.25) is 4.98 Å². The normalized spacial score (nSPS) is 11.1. The number of aromatic nitrogens is 1. The molecule has 108 valence electrons. The molecule has 0 aliphatic heterocycles. The van der Waals surface area contributed by atoms with Crippen molar-refractivity contribution < 1.29 is 8.42 Å². The van der Waals surface area contributed by atoms with Crippen molar-refractivity contribution in [1.82, 2.24) is 9.71 Å². The Morgan fingerprint density at radius 3 is 2.57 bits per heavy atom. The van der Waals surface area contributed by atoms with E-state index in [4.69, 9.17) is 5.26 Å². The van der Waals surface area contributed by atoms with Gasteiger partial charge in [-0.1, -0.05) is 6.07 Å². The highest BCUT2D eigenvalue weighted by Crippen LogP contribution is 2.15. The molecule has 21 heavy (non-hydrogen) atoms. The van der Waals surface area contributed by atoms with Crippen molar-refractivity contribution in [3.8, 4) is 6.07 Å². The Balaban J connectivity index is 2.17. The number of nitrogens with one attached hydrogen (secondary N) is 1. The van der Waals surface area contributed by atoms with Gasteiger partial charge in [0.15, 0.2) is 0 Å². The minimum Gasteiger partial charge on any atom is -0.261 e. The van der Waals surface area contributed by atoms with E-state index in [2.05, 4.69) is 9.71 Å². The number of rotatable bonds is 4. The number of pyridine rings is 1. The van der Waals surface area contributed by atoms with Crippen LogP contribution >= 0.6 is 0 Å². The molecule has 0 spiro atoms. The van der Waals surface area contributed by atoms with E-state index in [1.807, 2.05) is 25.1 Å². The van der Waals surface area contributed by atoms with Crippen LogP contribution in [0.2, 0.25) is 0 Å². The third kappa shape index (κ3) is 3.66. The first-order valence-electron chi connectivity index (χ1n) is 6.34. The van der Waals surface area contributed by atoms with E-state index in [-0.39, 0.29) is 11.4 Å². The summed E-state index contributed by atoms with van der Waals surface area (Å²) in [5, 5.41) is 8.86. The summed E-state index contributed by atoms with van der Waals surface area (Å²) in [6.07, 6.45) is 1.64. The van der Waals surface area contributed by atoms with E-state index >= 15 is 0 Å². The number of aryl methyl sites for hydroxylation is 2. The van der Waals surface area contributed by atoms with E-state index < -0.39 is 10.0 Å². The van der Waals surface area contributed by atoms with Gasteiger partial charge in [-0.15, -0.1) is 0 Å². The first kappa shape index (κ1) is 15.2. The molecule has 2 aromatic rings. The second kappa shape index (κ2) is 6.04. The van der Waals surface area contributed by atoms with Crippen LogP contribution in [0.1, 0.15) is 22.4 Å². The fourth-order valence-electron chi connectivity index (χ4n) is 1.79. The second-order valence-electron chi connectivity index (χ2n) is 4.72. The molecular formula is C15H15N3O2S. The largest absolute Gasteiger partial charge is 0.261 e. The second-order valence-corrected chi connectivity index (χ2v) is 6.49. The lowest BCUT2D eigenvalue weighted by Gasteiger charge is -2.08. The van der Waals surface area contributed by atoms with Gasteiger partial charge in [-0.05, 0) is 49.2 Å². The third-order valence-electron chi connectivity index (χ3n) is 3.07. The summed E-state index contributed by atoms with van der Waals surface area (Å²) in [5.74, 6) is 0. The quantitative estimate of drug-likeness (QED) is 0.937. The number of hydrogen-bond acceptors (Lipinski definition) is 4. The minimum absolute atomic E-state index is 0.152. The molecule has 0 bridgehead atoms. The van der Waals surface area contributed by atoms with E-state index in [9.17, 15) is 8.42 Å². The predicted octanol–water partition coefficient (Wildman–Crippen LogP) is 2.05. The average Bonchev–Trinajstić information content (AvgIpc) is 2.46. The molecule has 0 aliphatic rings. The molecule has 0 aliphatic carbocycles. The molecule has 0 fully saturated rings. The fourth-order valence-corrected chi connectivity index (χ4v) is 2.90. The van der Waals surface area contributed by atoms with Crippen molar-refractivity contribution in [2.24, 2.45) is 0 Å². The standard InChI is InChI=1S/C15H15N3O2S/c1-11-7-15(6-5-14(11)8-16)21(19,20)18-10-13-4-3-12(2)17-9-13/h3-7,9,18H,10H2,1-2H3. The first-order chi connectivity index (χ1) is 9.92. The smallest absolute Gasteiger partial charge is 0.240 e. The summed E-state index contributed by atoms with van der Waals surface area (Å²) in [6, 6.07) is 10.1. The Kier molecular flexibility index (Phi) is 4.36. The Bertz CT molecular complexity index is 791. The van der Waals surface area contributed by atoms with Gasteiger partial charge < -0.3 is 0 Å². The Morgan fingerprint density at radius 1 is 1.24 bits per heavy atom. The summed E-state index contributed by atoms with van der Waals surface area (Å²) >= 11 is 0. The van der Waals surface area contributed by atoms with E-state index in [1.165, 1.54) is 18.2 Å². The Hall–Kier alpha value is -2.23. The summed E-state index contributed by atoms with van der Waals surface area (Å²) < 4.78 is 26.9. The summed E-state index contributed by atoms with van der Waals surface area (Å²) in [5.41, 5.74) is 2.77. The number of nitrogens with zero attached hydrogens (tertiary/aromatic N) is 2. The van der Waals surface area contributed by atoms with E-state index in [0.29, 0.717) is 11.1 Å². The monoisotopic (exact) mass is 301 g/mol. The Morgan fingerprint density at radius 2 is 2.00 bits per heavy atom. The topological polar surface area (TPSA) is 82.9 Å². The van der Waals surface area contributed by atoms with Crippen molar-refractivity contribution in [2.45, 2.75) is 25.3 Å². The van der Waals surface area contributed by atoms with Gasteiger partial charge >= 0.3 is 0 Å². The molecule has 1 N–H and O–H groups in total. The van der Waals surface area contributed by atoms with Gasteiger partial charge in [0.1, 0.15) is 0 Å². The van der Waals surface area contributed by atoms with Gasteiger partial charge in [-0.2, -0.15) is 5.26 Å². The maximum Gasteiger partial charge on any atom is 0.240 e. The van der Waals surface area contributed by atoms with Crippen LogP contribution in [-0.4, -0.2) is 13.4 Å². The summed E-state index contributed by atoms with van der Waals surface area (Å²) in [7, 11) is -3.60. The minimum atomic E-state index is -3.60. The van der Waals surface area contributed by atoms with Crippen LogP contribution in [-0.2, 0) is 16.6 Å². The van der Waals surface area contributed by atoms with Crippen LogP contribution in [0.4, 0.5) is 0 Å². The highest BCUT2D eigenvalue weighted by atomic mass is 32.2. The lowest BCUT2D eigenvalue weighted by atomic mass is 10.1. The van der Waals surface area contributed by atoms with Gasteiger partial charge in [-0.25, -0.2) is 13.1 Å². The molecule has 0 saturated carbocycles. The maximum atomic E-state index is 12.2. The number of benzene rings is 1. The maximum absolute atomic E-state index is 12.2. The molecular weight excluding hydrogens is 286 g/mol. The van der Waals surface area contributed by atoms with Crippen molar-refractivity contribution >= 4 is 10.0 Å². The van der Waals surface area contributed by atoms with Crippen LogP contribution in [0.25, 0.3) is 0 Å². The number of nitriles is 1. The predicted molar refractivity (Wildman–Crippen MR) is 78.9 cm³/mol. The molecule has 0 atom stereocenters. The van der Waals surface area contributed by atoms with Gasteiger partial charge in [0.2, 0.25) is 10.0 Å². The van der Waals surface area contributed by atoms with Gasteiger partial charge in [0.05, 0.1) is 16.5 Å². The SMILES string of the molecule is Cc1ccc(CNS(=O)(=O)c2ccc(C#N)c(C)c2)cn1. The molecule has 5 nitrogen and oxygen atoms in total. The van der Waals surface area contributed by atoms with Crippen molar-refractivity contribution in [3.63, 3.8) is 0 Å². The first-order valence-corrected chi connectivity index (χ1v) is 7.82. The van der Waals surface area contributed by atoms with Crippen molar-refractivity contribution in [3.05, 3.63) is 58.9 Å². The van der Waals surface area contributed by atoms with Crippen LogP contribution in [0.3, 0.4) is 0 Å². The molecule has 2 rings (SSSR count). The van der Waals surface area contributed by atoms with Crippen molar-refractivity contribution in [1.29, 1.82) is 5.26 Å². The van der Waals surface area contributed by atoms with Crippen LogP contribution in [0.5, 0.6) is 0 Å². The Labute approximate surface area is 124 Å². The van der Waals surface area contributed by atoms with E-state index in [0.717, 1.165) is 11.3 Å².